The van der Waals surface area contributed by atoms with E-state index in [1.165, 1.54) is 36.4 Å². The highest BCUT2D eigenvalue weighted by atomic mass is 16.6. The molecule has 1 fully saturated rings. The number of nitrogens with zero attached hydrogens (tertiary/aromatic N) is 4. The second-order valence-corrected chi connectivity index (χ2v) is 8.09. The number of benzene rings is 3. The third-order valence-electron chi connectivity index (χ3n) is 5.82. The lowest BCUT2D eigenvalue weighted by Gasteiger charge is -2.35. The van der Waals surface area contributed by atoms with E-state index in [1.54, 1.807) is 12.1 Å². The van der Waals surface area contributed by atoms with Gasteiger partial charge in [0.2, 0.25) is 0 Å². The van der Waals surface area contributed by atoms with E-state index in [9.17, 15) is 25.0 Å². The van der Waals surface area contributed by atoms with Crippen LogP contribution < -0.4 is 10.2 Å². The van der Waals surface area contributed by atoms with Crippen LogP contribution in [0.1, 0.15) is 10.4 Å². The van der Waals surface area contributed by atoms with Crippen molar-refractivity contribution in [2.24, 2.45) is 0 Å². The van der Waals surface area contributed by atoms with Gasteiger partial charge < -0.3 is 15.1 Å². The number of hydrogen-bond donors (Lipinski definition) is 1. The predicted octanol–water partition coefficient (Wildman–Crippen LogP) is 4.17. The van der Waals surface area contributed by atoms with Gasteiger partial charge >= 0.3 is 0 Å². The maximum absolute atomic E-state index is 13.0. The van der Waals surface area contributed by atoms with E-state index in [0.717, 1.165) is 43.0 Å². The smallest absolute Gasteiger partial charge is 0.270 e. The molecule has 0 atom stereocenters. The first-order valence-electron chi connectivity index (χ1n) is 10.7. The van der Waals surface area contributed by atoms with E-state index in [2.05, 4.69) is 22.2 Å². The van der Waals surface area contributed by atoms with Crippen LogP contribution in [0.25, 0.3) is 11.1 Å². The van der Waals surface area contributed by atoms with Gasteiger partial charge in [-0.25, -0.2) is 0 Å². The summed E-state index contributed by atoms with van der Waals surface area (Å²) in [5, 5.41) is 25.0. The first-order chi connectivity index (χ1) is 16.3. The van der Waals surface area contributed by atoms with Crippen molar-refractivity contribution in [1.82, 2.24) is 4.90 Å². The normalized spacial score (nSPS) is 14.0. The highest BCUT2D eigenvalue weighted by Gasteiger charge is 2.20. The van der Waals surface area contributed by atoms with Crippen LogP contribution >= 0.6 is 0 Å². The summed E-state index contributed by atoms with van der Waals surface area (Å²) in [6.07, 6.45) is 0. The van der Waals surface area contributed by atoms with E-state index in [1.807, 2.05) is 18.2 Å². The minimum absolute atomic E-state index is 0.00277. The van der Waals surface area contributed by atoms with Gasteiger partial charge in [-0.1, -0.05) is 12.1 Å². The number of amides is 1. The Morgan fingerprint density at radius 1 is 0.824 bits per heavy atom. The lowest BCUT2D eigenvalue weighted by atomic mass is 10.0. The number of carbonyl (C=O) groups excluding carboxylic acids is 1. The minimum atomic E-state index is -0.540. The van der Waals surface area contributed by atoms with Crippen molar-refractivity contribution in [3.05, 3.63) is 92.5 Å². The maximum Gasteiger partial charge on any atom is 0.270 e. The molecule has 34 heavy (non-hydrogen) atoms. The summed E-state index contributed by atoms with van der Waals surface area (Å²) in [5.74, 6) is -0.458. The summed E-state index contributed by atoms with van der Waals surface area (Å²) in [5.41, 5.74) is 2.97. The molecule has 1 aliphatic rings. The van der Waals surface area contributed by atoms with Crippen molar-refractivity contribution < 1.29 is 14.6 Å². The second-order valence-electron chi connectivity index (χ2n) is 8.09. The molecule has 174 valence electrons. The molecule has 0 aliphatic carbocycles. The van der Waals surface area contributed by atoms with Crippen molar-refractivity contribution in [1.29, 1.82) is 0 Å². The first-order valence-corrected chi connectivity index (χ1v) is 10.7. The number of non-ortho nitro benzene ring substituents is 2. The van der Waals surface area contributed by atoms with E-state index in [-0.39, 0.29) is 16.9 Å². The molecule has 10 heteroatoms. The van der Waals surface area contributed by atoms with Gasteiger partial charge in [-0.05, 0) is 48.5 Å². The average Bonchev–Trinajstić information content (AvgIpc) is 2.84. The van der Waals surface area contributed by atoms with Gasteiger partial charge in [-0.15, -0.1) is 0 Å². The van der Waals surface area contributed by atoms with Crippen LogP contribution in [-0.2, 0) is 0 Å². The van der Waals surface area contributed by atoms with Gasteiger partial charge in [-0.2, -0.15) is 0 Å². The zero-order chi connectivity index (χ0) is 24.2. The molecule has 0 aromatic heterocycles. The quantitative estimate of drug-likeness (QED) is 0.432. The van der Waals surface area contributed by atoms with E-state index < -0.39 is 15.8 Å². The number of hydrogen-bond acceptors (Lipinski definition) is 7. The molecular formula is C24H23N5O5. The summed E-state index contributed by atoms with van der Waals surface area (Å²) in [6.45, 7) is 3.32. The van der Waals surface area contributed by atoms with Crippen LogP contribution in [-0.4, -0.2) is 53.9 Å². The standard InChI is InChI=1S/C24H23N5O5/c1-26-11-13-27(14-12-26)23-10-7-18(17-5-8-20(9-6-17)28(31)32)16-22(23)25-24(30)19-3-2-4-21(15-19)29(33)34/h2-10,15-16H,11-14H2,1H3,(H,25,30). The minimum Gasteiger partial charge on any atom is -0.367 e. The molecular weight excluding hydrogens is 438 g/mol. The van der Waals surface area contributed by atoms with E-state index >= 15 is 0 Å². The third-order valence-corrected chi connectivity index (χ3v) is 5.82. The molecule has 0 bridgehead atoms. The Kier molecular flexibility index (Phi) is 6.51. The molecule has 4 rings (SSSR count). The molecule has 1 saturated heterocycles. The fourth-order valence-corrected chi connectivity index (χ4v) is 3.87. The van der Waals surface area contributed by atoms with Crippen molar-refractivity contribution in [3.63, 3.8) is 0 Å². The third kappa shape index (κ3) is 5.02. The van der Waals surface area contributed by atoms with Crippen molar-refractivity contribution in [3.8, 4) is 11.1 Å². The lowest BCUT2D eigenvalue weighted by Crippen LogP contribution is -2.44. The maximum atomic E-state index is 13.0. The summed E-state index contributed by atoms with van der Waals surface area (Å²) in [7, 11) is 2.06. The molecule has 1 amide bonds. The van der Waals surface area contributed by atoms with Crippen molar-refractivity contribution in [2.45, 2.75) is 0 Å². The molecule has 3 aromatic carbocycles. The zero-order valence-corrected chi connectivity index (χ0v) is 18.5. The monoisotopic (exact) mass is 461 g/mol. The number of likely N-dealkylation sites (N-methyl/N-ethyl adjacent to an activating group) is 1. The highest BCUT2D eigenvalue weighted by molar-refractivity contribution is 6.06. The van der Waals surface area contributed by atoms with Crippen LogP contribution in [0.3, 0.4) is 0 Å². The van der Waals surface area contributed by atoms with Gasteiger partial charge in [0.05, 0.1) is 21.2 Å². The van der Waals surface area contributed by atoms with Gasteiger partial charge in [0.15, 0.2) is 0 Å². The molecule has 10 nitrogen and oxygen atoms in total. The van der Waals surface area contributed by atoms with Crippen LogP contribution in [0.5, 0.6) is 0 Å². The number of nitrogens with one attached hydrogen (secondary N) is 1. The van der Waals surface area contributed by atoms with E-state index in [0.29, 0.717) is 5.69 Å². The average molecular weight is 461 g/mol. The second kappa shape index (κ2) is 9.67. The SMILES string of the molecule is CN1CCN(c2ccc(-c3ccc([N+](=O)[O-])cc3)cc2NC(=O)c2cccc([N+](=O)[O-])c2)CC1. The number of piperazine rings is 1. The number of rotatable bonds is 6. The highest BCUT2D eigenvalue weighted by Crippen LogP contribution is 2.33. The van der Waals surface area contributed by atoms with Crippen LogP contribution in [0.2, 0.25) is 0 Å². The first kappa shape index (κ1) is 22.9. The van der Waals surface area contributed by atoms with Crippen molar-refractivity contribution in [2.75, 3.05) is 43.4 Å². The van der Waals surface area contributed by atoms with Crippen LogP contribution in [0, 0.1) is 20.2 Å². The van der Waals surface area contributed by atoms with Crippen molar-refractivity contribution >= 4 is 28.7 Å². The molecule has 0 saturated carbocycles. The van der Waals surface area contributed by atoms with Gasteiger partial charge in [0.1, 0.15) is 0 Å². The van der Waals surface area contributed by atoms with E-state index in [4.69, 9.17) is 0 Å². The Labute approximate surface area is 195 Å². The summed E-state index contributed by atoms with van der Waals surface area (Å²) in [4.78, 5) is 38.5. The summed E-state index contributed by atoms with van der Waals surface area (Å²) >= 11 is 0. The molecule has 1 heterocycles. The largest absolute Gasteiger partial charge is 0.367 e. The zero-order valence-electron chi connectivity index (χ0n) is 18.5. The molecule has 0 radical (unpaired) electrons. The molecule has 0 unspecified atom stereocenters. The molecule has 3 aromatic rings. The topological polar surface area (TPSA) is 122 Å². The molecule has 0 spiro atoms. The Morgan fingerprint density at radius 2 is 1.47 bits per heavy atom. The Morgan fingerprint density at radius 3 is 2.12 bits per heavy atom. The van der Waals surface area contributed by atoms with Gasteiger partial charge in [0.25, 0.3) is 17.3 Å². The molecule has 1 N–H and O–H groups in total. The number of nitro benzene ring substituents is 2. The Balaban J connectivity index is 1.69. The van der Waals surface area contributed by atoms with Crippen LogP contribution in [0.4, 0.5) is 22.7 Å². The van der Waals surface area contributed by atoms with Crippen LogP contribution in [0.15, 0.2) is 66.7 Å². The number of carbonyl (C=O) groups is 1. The predicted molar refractivity (Wildman–Crippen MR) is 129 cm³/mol. The number of nitro groups is 2. The van der Waals surface area contributed by atoms with Gasteiger partial charge in [0, 0.05) is 56.0 Å². The Bertz CT molecular complexity index is 1240. The Hall–Kier alpha value is -4.31. The molecule has 1 aliphatic heterocycles. The summed E-state index contributed by atoms with van der Waals surface area (Å²) < 4.78 is 0. The number of anilines is 2. The lowest BCUT2D eigenvalue weighted by molar-refractivity contribution is -0.385. The summed E-state index contributed by atoms with van der Waals surface area (Å²) in [6, 6.07) is 17.4. The van der Waals surface area contributed by atoms with Gasteiger partial charge in [-0.3, -0.25) is 25.0 Å². The fourth-order valence-electron chi connectivity index (χ4n) is 3.87. The fraction of sp³-hybridized carbons (Fsp3) is 0.208.